The Morgan fingerprint density at radius 3 is 3.09 bits per heavy atom. The van der Waals surface area contributed by atoms with Gasteiger partial charge in [0.05, 0.1) is 0 Å². The highest BCUT2D eigenvalue weighted by atomic mass is 19.1. The Hall–Kier alpha value is -2.44. The standard InChI is InChI=1S/C16H20FN5O/c1-21-11-18-20-15(21)8-12-4-3-7-22(10-12)16(23)19-14-6-2-5-13(17)9-14/h2,5-6,9,11-12H,3-4,7-8,10H2,1H3,(H,19,23). The fourth-order valence-electron chi connectivity index (χ4n) is 2.94. The monoisotopic (exact) mass is 317 g/mol. The number of carbonyl (C=O) groups is 1. The van der Waals surface area contributed by atoms with E-state index in [9.17, 15) is 9.18 Å². The van der Waals surface area contributed by atoms with Crippen molar-refractivity contribution in [1.29, 1.82) is 0 Å². The molecule has 7 heteroatoms. The molecule has 1 unspecified atom stereocenters. The lowest BCUT2D eigenvalue weighted by Gasteiger charge is -2.32. The van der Waals surface area contributed by atoms with Gasteiger partial charge in [-0.15, -0.1) is 10.2 Å². The molecule has 1 aromatic carbocycles. The van der Waals surface area contributed by atoms with E-state index in [1.54, 1.807) is 23.4 Å². The molecular weight excluding hydrogens is 297 g/mol. The average Bonchev–Trinajstić information content (AvgIpc) is 2.93. The highest BCUT2D eigenvalue weighted by Gasteiger charge is 2.25. The number of aryl methyl sites for hydroxylation is 1. The van der Waals surface area contributed by atoms with Gasteiger partial charge in [0.1, 0.15) is 18.0 Å². The van der Waals surface area contributed by atoms with Crippen molar-refractivity contribution in [2.24, 2.45) is 13.0 Å². The van der Waals surface area contributed by atoms with Crippen LogP contribution < -0.4 is 5.32 Å². The van der Waals surface area contributed by atoms with Crippen LogP contribution in [0.4, 0.5) is 14.9 Å². The van der Waals surface area contributed by atoms with Gasteiger partial charge in [0, 0.05) is 32.2 Å². The zero-order chi connectivity index (χ0) is 16.2. The van der Waals surface area contributed by atoms with Gasteiger partial charge in [0.15, 0.2) is 0 Å². The van der Waals surface area contributed by atoms with Gasteiger partial charge in [-0.2, -0.15) is 0 Å². The van der Waals surface area contributed by atoms with E-state index in [4.69, 9.17) is 0 Å². The lowest BCUT2D eigenvalue weighted by molar-refractivity contribution is 0.176. The SMILES string of the molecule is Cn1cnnc1CC1CCCN(C(=O)Nc2cccc(F)c2)C1. The van der Waals surface area contributed by atoms with Gasteiger partial charge >= 0.3 is 6.03 Å². The summed E-state index contributed by atoms with van der Waals surface area (Å²) in [6, 6.07) is 5.75. The van der Waals surface area contributed by atoms with Crippen molar-refractivity contribution < 1.29 is 9.18 Å². The van der Waals surface area contributed by atoms with Crippen LogP contribution in [0, 0.1) is 11.7 Å². The molecule has 0 bridgehead atoms. The topological polar surface area (TPSA) is 63.1 Å². The van der Waals surface area contributed by atoms with E-state index in [1.807, 2.05) is 11.6 Å². The molecule has 1 aromatic heterocycles. The van der Waals surface area contributed by atoms with E-state index in [0.29, 0.717) is 18.2 Å². The number of likely N-dealkylation sites (tertiary alicyclic amines) is 1. The maximum absolute atomic E-state index is 13.2. The third kappa shape index (κ3) is 3.85. The van der Waals surface area contributed by atoms with Gasteiger partial charge in [-0.3, -0.25) is 0 Å². The third-order valence-corrected chi connectivity index (χ3v) is 4.16. The van der Waals surface area contributed by atoms with Crippen molar-refractivity contribution in [3.63, 3.8) is 0 Å². The normalized spacial score (nSPS) is 18.0. The van der Waals surface area contributed by atoms with Crippen molar-refractivity contribution in [1.82, 2.24) is 19.7 Å². The fraction of sp³-hybridized carbons (Fsp3) is 0.438. The second-order valence-corrected chi connectivity index (χ2v) is 5.96. The summed E-state index contributed by atoms with van der Waals surface area (Å²) >= 11 is 0. The average molecular weight is 317 g/mol. The van der Waals surface area contributed by atoms with Gasteiger partial charge in [0.25, 0.3) is 0 Å². The van der Waals surface area contributed by atoms with Crippen LogP contribution in [-0.2, 0) is 13.5 Å². The predicted molar refractivity (Wildman–Crippen MR) is 84.4 cm³/mol. The number of nitrogens with one attached hydrogen (secondary N) is 1. The van der Waals surface area contributed by atoms with Crippen LogP contribution in [0.15, 0.2) is 30.6 Å². The largest absolute Gasteiger partial charge is 0.324 e. The molecule has 0 spiro atoms. The van der Waals surface area contributed by atoms with Crippen LogP contribution >= 0.6 is 0 Å². The second kappa shape index (κ2) is 6.76. The Balaban J connectivity index is 1.59. The lowest BCUT2D eigenvalue weighted by atomic mass is 9.94. The van der Waals surface area contributed by atoms with Gasteiger partial charge in [0.2, 0.25) is 0 Å². The number of aromatic nitrogens is 3. The first-order chi connectivity index (χ1) is 11.1. The van der Waals surface area contributed by atoms with Gasteiger partial charge in [-0.1, -0.05) is 6.07 Å². The minimum absolute atomic E-state index is 0.182. The summed E-state index contributed by atoms with van der Waals surface area (Å²) in [5.74, 6) is 0.939. The Morgan fingerprint density at radius 2 is 2.35 bits per heavy atom. The molecule has 1 atom stereocenters. The maximum atomic E-state index is 13.2. The smallest absolute Gasteiger partial charge is 0.321 e. The summed E-state index contributed by atoms with van der Waals surface area (Å²) in [6.45, 7) is 1.39. The number of nitrogens with zero attached hydrogens (tertiary/aromatic N) is 4. The van der Waals surface area contributed by atoms with Crippen LogP contribution in [0.25, 0.3) is 0 Å². The van der Waals surface area contributed by atoms with E-state index < -0.39 is 0 Å². The van der Waals surface area contributed by atoms with Crippen LogP contribution in [-0.4, -0.2) is 38.8 Å². The van der Waals surface area contributed by atoms with Crippen LogP contribution in [0.3, 0.4) is 0 Å². The molecule has 1 N–H and O–H groups in total. The van der Waals surface area contributed by atoms with Crippen LogP contribution in [0.5, 0.6) is 0 Å². The summed E-state index contributed by atoms with van der Waals surface area (Å²) in [5, 5.41) is 10.8. The van der Waals surface area contributed by atoms with E-state index in [-0.39, 0.29) is 11.8 Å². The molecule has 6 nitrogen and oxygen atoms in total. The molecule has 23 heavy (non-hydrogen) atoms. The van der Waals surface area contributed by atoms with E-state index in [2.05, 4.69) is 15.5 Å². The Labute approximate surface area is 134 Å². The molecule has 0 saturated carbocycles. The van der Waals surface area contributed by atoms with Crippen LogP contribution in [0.1, 0.15) is 18.7 Å². The molecule has 2 aromatic rings. The molecule has 3 rings (SSSR count). The number of carbonyl (C=O) groups excluding carboxylic acids is 1. The fourth-order valence-corrected chi connectivity index (χ4v) is 2.94. The molecule has 1 saturated heterocycles. The van der Waals surface area contributed by atoms with Gasteiger partial charge in [-0.25, -0.2) is 9.18 Å². The van der Waals surface area contributed by atoms with Crippen molar-refractivity contribution in [3.8, 4) is 0 Å². The molecule has 1 fully saturated rings. The van der Waals surface area contributed by atoms with E-state index in [0.717, 1.165) is 31.6 Å². The zero-order valence-corrected chi connectivity index (χ0v) is 13.1. The summed E-state index contributed by atoms with van der Waals surface area (Å²) in [6.07, 6.45) is 4.52. The first-order valence-corrected chi connectivity index (χ1v) is 7.76. The Morgan fingerprint density at radius 1 is 1.48 bits per heavy atom. The first-order valence-electron chi connectivity index (χ1n) is 7.76. The van der Waals surface area contributed by atoms with Crippen molar-refractivity contribution >= 4 is 11.7 Å². The highest BCUT2D eigenvalue weighted by Crippen LogP contribution is 2.21. The Bertz CT molecular complexity index is 687. The van der Waals surface area contributed by atoms with Crippen molar-refractivity contribution in [2.75, 3.05) is 18.4 Å². The minimum Gasteiger partial charge on any atom is -0.324 e. The number of rotatable bonds is 3. The zero-order valence-electron chi connectivity index (χ0n) is 13.1. The van der Waals surface area contributed by atoms with Crippen molar-refractivity contribution in [2.45, 2.75) is 19.3 Å². The molecular formula is C16H20FN5O. The number of urea groups is 1. The molecule has 2 heterocycles. The van der Waals surface area contributed by atoms with E-state index >= 15 is 0 Å². The third-order valence-electron chi connectivity index (χ3n) is 4.16. The summed E-state index contributed by atoms with van der Waals surface area (Å²) in [7, 11) is 1.92. The van der Waals surface area contributed by atoms with Crippen LogP contribution in [0.2, 0.25) is 0 Å². The molecule has 2 amide bonds. The number of halogens is 1. The number of benzene rings is 1. The summed E-state index contributed by atoms with van der Waals surface area (Å²) in [4.78, 5) is 14.1. The second-order valence-electron chi connectivity index (χ2n) is 5.96. The number of amides is 2. The van der Waals surface area contributed by atoms with E-state index in [1.165, 1.54) is 12.1 Å². The van der Waals surface area contributed by atoms with Gasteiger partial charge in [-0.05, 0) is 37.0 Å². The summed E-state index contributed by atoms with van der Waals surface area (Å²) < 4.78 is 15.1. The molecule has 1 aliphatic rings. The molecule has 122 valence electrons. The first kappa shape index (κ1) is 15.5. The quantitative estimate of drug-likeness (QED) is 0.946. The van der Waals surface area contributed by atoms with Gasteiger partial charge < -0.3 is 14.8 Å². The minimum atomic E-state index is -0.360. The molecule has 0 radical (unpaired) electrons. The number of piperidine rings is 1. The predicted octanol–water partition coefficient (Wildman–Crippen LogP) is 2.44. The van der Waals surface area contributed by atoms with Crippen molar-refractivity contribution in [3.05, 3.63) is 42.2 Å². The Kier molecular flexibility index (Phi) is 4.55. The summed E-state index contributed by atoms with van der Waals surface area (Å²) in [5.41, 5.74) is 0.477. The number of hydrogen-bond donors (Lipinski definition) is 1. The lowest BCUT2D eigenvalue weighted by Crippen LogP contribution is -2.43. The number of anilines is 1. The number of hydrogen-bond acceptors (Lipinski definition) is 3. The molecule has 0 aliphatic carbocycles. The molecule has 1 aliphatic heterocycles. The highest BCUT2D eigenvalue weighted by molar-refractivity contribution is 5.89. The maximum Gasteiger partial charge on any atom is 0.321 e.